The molecule has 1 unspecified atom stereocenters. The predicted molar refractivity (Wildman–Crippen MR) is 82.5 cm³/mol. The van der Waals surface area contributed by atoms with Gasteiger partial charge in [-0.25, -0.2) is 4.79 Å². The SMILES string of the molecule is COC(=O)C1=CC[C@@H]2C(OCc3ccc(OC)cc3)CC[C@H]12. The molecule has 0 heterocycles. The summed E-state index contributed by atoms with van der Waals surface area (Å²) in [5, 5.41) is 0. The lowest BCUT2D eigenvalue weighted by Gasteiger charge is -2.20. The standard InChI is InChI=1S/C18H22O4/c1-20-13-5-3-12(4-6-13)11-22-17-10-9-14-15(17)7-8-16(14)18(19)21-2/h3-6,8,14-15,17H,7,9-11H2,1-2H3/t14-,15-,17?/m0/s1. The van der Waals surface area contributed by atoms with Crippen molar-refractivity contribution in [1.29, 1.82) is 0 Å². The number of allylic oxidation sites excluding steroid dienone is 1. The van der Waals surface area contributed by atoms with E-state index in [0.29, 0.717) is 18.4 Å². The Kier molecular flexibility index (Phi) is 4.48. The van der Waals surface area contributed by atoms with E-state index >= 15 is 0 Å². The number of ether oxygens (including phenoxy) is 3. The molecule has 3 atom stereocenters. The van der Waals surface area contributed by atoms with E-state index in [1.807, 2.05) is 30.3 Å². The third-order valence-electron chi connectivity index (χ3n) is 4.81. The van der Waals surface area contributed by atoms with Crippen LogP contribution in [-0.4, -0.2) is 26.3 Å². The maximum atomic E-state index is 11.8. The van der Waals surface area contributed by atoms with Crippen LogP contribution in [0.15, 0.2) is 35.9 Å². The largest absolute Gasteiger partial charge is 0.497 e. The molecule has 0 bridgehead atoms. The number of methoxy groups -OCH3 is 2. The van der Waals surface area contributed by atoms with Gasteiger partial charge in [0.2, 0.25) is 0 Å². The lowest BCUT2D eigenvalue weighted by molar-refractivity contribution is -0.136. The molecule has 0 amide bonds. The molecule has 0 saturated heterocycles. The first-order valence-corrected chi connectivity index (χ1v) is 7.76. The van der Waals surface area contributed by atoms with Gasteiger partial charge in [-0.05, 0) is 48.8 Å². The first-order chi connectivity index (χ1) is 10.7. The van der Waals surface area contributed by atoms with Gasteiger partial charge in [-0.1, -0.05) is 18.2 Å². The van der Waals surface area contributed by atoms with Crippen molar-refractivity contribution < 1.29 is 19.0 Å². The number of fused-ring (bicyclic) bond motifs is 1. The van der Waals surface area contributed by atoms with Gasteiger partial charge in [-0.2, -0.15) is 0 Å². The van der Waals surface area contributed by atoms with Crippen LogP contribution in [0, 0.1) is 11.8 Å². The summed E-state index contributed by atoms with van der Waals surface area (Å²) in [6.07, 6.45) is 5.20. The molecule has 4 nitrogen and oxygen atoms in total. The van der Waals surface area contributed by atoms with Crippen LogP contribution in [0.2, 0.25) is 0 Å². The molecular formula is C18H22O4. The number of benzene rings is 1. The van der Waals surface area contributed by atoms with Crippen LogP contribution in [0.4, 0.5) is 0 Å². The minimum absolute atomic E-state index is 0.177. The molecule has 0 radical (unpaired) electrons. The zero-order valence-corrected chi connectivity index (χ0v) is 13.1. The smallest absolute Gasteiger partial charge is 0.333 e. The first kappa shape index (κ1) is 15.1. The quantitative estimate of drug-likeness (QED) is 0.784. The highest BCUT2D eigenvalue weighted by Crippen LogP contribution is 2.46. The molecule has 1 fully saturated rings. The monoisotopic (exact) mass is 302 g/mol. The van der Waals surface area contributed by atoms with Gasteiger partial charge in [0.25, 0.3) is 0 Å². The summed E-state index contributed by atoms with van der Waals surface area (Å²) in [5.74, 6) is 1.41. The molecule has 2 aliphatic rings. The van der Waals surface area contributed by atoms with E-state index in [1.54, 1.807) is 7.11 Å². The zero-order valence-electron chi connectivity index (χ0n) is 13.1. The minimum atomic E-state index is -0.177. The molecule has 118 valence electrons. The van der Waals surface area contributed by atoms with Crippen molar-refractivity contribution in [1.82, 2.24) is 0 Å². The van der Waals surface area contributed by atoms with Gasteiger partial charge in [-0.3, -0.25) is 0 Å². The van der Waals surface area contributed by atoms with Crippen LogP contribution in [0.5, 0.6) is 5.75 Å². The van der Waals surface area contributed by atoms with Crippen LogP contribution in [0.25, 0.3) is 0 Å². The Bertz CT molecular complexity index is 561. The number of esters is 1. The summed E-state index contributed by atoms with van der Waals surface area (Å²) in [6.45, 7) is 0.603. The maximum Gasteiger partial charge on any atom is 0.333 e. The molecule has 4 heteroatoms. The van der Waals surface area contributed by atoms with Gasteiger partial charge in [0, 0.05) is 5.57 Å². The molecule has 0 spiro atoms. The topological polar surface area (TPSA) is 44.8 Å². The predicted octanol–water partition coefficient (Wildman–Crippen LogP) is 3.11. The average Bonchev–Trinajstić information content (AvgIpc) is 3.14. The lowest BCUT2D eigenvalue weighted by atomic mass is 9.94. The van der Waals surface area contributed by atoms with Crippen LogP contribution >= 0.6 is 0 Å². The Balaban J connectivity index is 1.56. The Morgan fingerprint density at radius 1 is 1.18 bits per heavy atom. The number of carbonyl (C=O) groups is 1. The van der Waals surface area contributed by atoms with Crippen molar-refractivity contribution >= 4 is 5.97 Å². The number of hydrogen-bond acceptors (Lipinski definition) is 4. The van der Waals surface area contributed by atoms with E-state index < -0.39 is 0 Å². The summed E-state index contributed by atoms with van der Waals surface area (Å²) < 4.78 is 16.1. The second-order valence-electron chi connectivity index (χ2n) is 5.93. The normalized spacial score (nSPS) is 26.5. The summed E-state index contributed by atoms with van der Waals surface area (Å²) >= 11 is 0. The van der Waals surface area contributed by atoms with Crippen LogP contribution < -0.4 is 4.74 Å². The van der Waals surface area contributed by atoms with E-state index in [0.717, 1.165) is 36.1 Å². The average molecular weight is 302 g/mol. The molecule has 1 aromatic carbocycles. The summed E-state index contributed by atoms with van der Waals surface area (Å²) in [6, 6.07) is 7.95. The molecule has 22 heavy (non-hydrogen) atoms. The van der Waals surface area contributed by atoms with Crippen LogP contribution in [0.3, 0.4) is 0 Å². The fourth-order valence-electron chi connectivity index (χ4n) is 3.63. The second-order valence-corrected chi connectivity index (χ2v) is 5.93. The van der Waals surface area contributed by atoms with Gasteiger partial charge in [0.15, 0.2) is 0 Å². The third-order valence-corrected chi connectivity index (χ3v) is 4.81. The molecule has 0 aromatic heterocycles. The summed E-state index contributed by atoms with van der Waals surface area (Å²) in [7, 11) is 3.11. The Hall–Kier alpha value is -1.81. The Morgan fingerprint density at radius 2 is 1.95 bits per heavy atom. The molecule has 1 aromatic rings. The Morgan fingerprint density at radius 3 is 2.64 bits per heavy atom. The molecule has 1 saturated carbocycles. The van der Waals surface area contributed by atoms with Crippen molar-refractivity contribution in [3.05, 3.63) is 41.5 Å². The van der Waals surface area contributed by atoms with Crippen molar-refractivity contribution in [3.8, 4) is 5.75 Å². The van der Waals surface area contributed by atoms with Crippen molar-refractivity contribution in [2.45, 2.75) is 32.0 Å². The molecule has 2 aliphatic carbocycles. The zero-order chi connectivity index (χ0) is 15.5. The van der Waals surface area contributed by atoms with E-state index in [2.05, 4.69) is 0 Å². The number of carbonyl (C=O) groups excluding carboxylic acids is 1. The molecular weight excluding hydrogens is 280 g/mol. The summed E-state index contributed by atoms with van der Waals surface area (Å²) in [5.41, 5.74) is 1.99. The van der Waals surface area contributed by atoms with E-state index in [4.69, 9.17) is 14.2 Å². The van der Waals surface area contributed by atoms with Gasteiger partial charge >= 0.3 is 5.97 Å². The highest BCUT2D eigenvalue weighted by Gasteiger charge is 2.43. The second kappa shape index (κ2) is 6.53. The molecule has 0 aliphatic heterocycles. The maximum absolute atomic E-state index is 11.8. The van der Waals surface area contributed by atoms with Gasteiger partial charge in [0.05, 0.1) is 26.9 Å². The van der Waals surface area contributed by atoms with Crippen molar-refractivity contribution in [2.75, 3.05) is 14.2 Å². The number of rotatable bonds is 5. The van der Waals surface area contributed by atoms with Gasteiger partial charge in [-0.15, -0.1) is 0 Å². The third kappa shape index (κ3) is 2.88. The lowest BCUT2D eigenvalue weighted by Crippen LogP contribution is -2.21. The van der Waals surface area contributed by atoms with Gasteiger partial charge in [0.1, 0.15) is 5.75 Å². The fourth-order valence-corrected chi connectivity index (χ4v) is 3.63. The number of hydrogen-bond donors (Lipinski definition) is 0. The molecule has 3 rings (SSSR count). The van der Waals surface area contributed by atoms with Crippen molar-refractivity contribution in [2.24, 2.45) is 11.8 Å². The van der Waals surface area contributed by atoms with E-state index in [1.165, 1.54) is 7.11 Å². The Labute approximate surface area is 131 Å². The van der Waals surface area contributed by atoms with Gasteiger partial charge < -0.3 is 14.2 Å². The van der Waals surface area contributed by atoms with Crippen LogP contribution in [0.1, 0.15) is 24.8 Å². The first-order valence-electron chi connectivity index (χ1n) is 7.76. The highest BCUT2D eigenvalue weighted by molar-refractivity contribution is 5.89. The van der Waals surface area contributed by atoms with Crippen molar-refractivity contribution in [3.63, 3.8) is 0 Å². The summed E-state index contributed by atoms with van der Waals surface area (Å²) in [4.78, 5) is 11.8. The fraction of sp³-hybridized carbons (Fsp3) is 0.500. The minimum Gasteiger partial charge on any atom is -0.497 e. The van der Waals surface area contributed by atoms with Crippen LogP contribution in [-0.2, 0) is 20.9 Å². The van der Waals surface area contributed by atoms with E-state index in [-0.39, 0.29) is 12.1 Å². The van der Waals surface area contributed by atoms with E-state index in [9.17, 15) is 4.79 Å². The highest BCUT2D eigenvalue weighted by atomic mass is 16.5. The molecule has 0 N–H and O–H groups in total.